The van der Waals surface area contributed by atoms with E-state index >= 15 is 0 Å². The molecule has 3 heteroatoms. The Morgan fingerprint density at radius 1 is 1.32 bits per heavy atom. The molecule has 0 amide bonds. The second kappa shape index (κ2) is 6.40. The van der Waals surface area contributed by atoms with Crippen molar-refractivity contribution in [2.75, 3.05) is 18.5 Å². The quantitative estimate of drug-likeness (QED) is 0.858. The van der Waals surface area contributed by atoms with Gasteiger partial charge >= 0.3 is 0 Å². The normalized spacial score (nSPS) is 13.4. The van der Waals surface area contributed by atoms with Crippen LogP contribution in [0.25, 0.3) is 0 Å². The van der Waals surface area contributed by atoms with Gasteiger partial charge in [0.25, 0.3) is 0 Å². The second-order valence-electron chi connectivity index (χ2n) is 6.47. The van der Waals surface area contributed by atoms with Crippen LogP contribution >= 0.6 is 0 Å². The lowest BCUT2D eigenvalue weighted by Gasteiger charge is -2.26. The molecule has 2 N–H and O–H groups in total. The number of nitrogens with zero attached hydrogens (tertiary/aromatic N) is 1. The molecule has 1 unspecified atom stereocenters. The maximum atomic E-state index is 9.53. The van der Waals surface area contributed by atoms with Crippen molar-refractivity contribution in [3.63, 3.8) is 0 Å². The molecule has 0 heterocycles. The number of benzene rings is 1. The first-order chi connectivity index (χ1) is 8.69. The molecular formula is C16H28N2O. The van der Waals surface area contributed by atoms with Crippen molar-refractivity contribution in [1.29, 1.82) is 0 Å². The fourth-order valence-electron chi connectivity index (χ4n) is 2.08. The number of aryl methyl sites for hydroxylation is 1. The number of rotatable bonds is 5. The van der Waals surface area contributed by atoms with Crippen molar-refractivity contribution in [2.24, 2.45) is 0 Å². The van der Waals surface area contributed by atoms with Crippen molar-refractivity contribution < 1.29 is 5.11 Å². The molecule has 0 aliphatic heterocycles. The van der Waals surface area contributed by atoms with Gasteiger partial charge in [-0.2, -0.15) is 0 Å². The number of hydrogen-bond donors (Lipinski definition) is 2. The molecule has 1 atom stereocenters. The highest BCUT2D eigenvalue weighted by molar-refractivity contribution is 5.54. The first-order valence-electron chi connectivity index (χ1n) is 6.93. The summed E-state index contributed by atoms with van der Waals surface area (Å²) in [7, 11) is 2.03. The minimum Gasteiger partial charge on any atom is -0.392 e. The van der Waals surface area contributed by atoms with Gasteiger partial charge in [0.15, 0.2) is 0 Å². The highest BCUT2D eigenvalue weighted by atomic mass is 16.3. The minimum absolute atomic E-state index is 0.101. The summed E-state index contributed by atoms with van der Waals surface area (Å²) in [5, 5.41) is 13.1. The molecule has 3 nitrogen and oxygen atoms in total. The van der Waals surface area contributed by atoms with Crippen molar-refractivity contribution in [3.8, 4) is 0 Å². The lowest BCUT2D eigenvalue weighted by Crippen LogP contribution is -2.36. The Kier molecular flexibility index (Phi) is 5.39. The molecule has 0 fully saturated rings. The van der Waals surface area contributed by atoms with E-state index in [2.05, 4.69) is 56.1 Å². The van der Waals surface area contributed by atoms with Gasteiger partial charge in [-0.05, 0) is 46.2 Å². The third kappa shape index (κ3) is 5.62. The molecule has 1 aromatic carbocycles. The van der Waals surface area contributed by atoms with Crippen LogP contribution in [0.2, 0.25) is 0 Å². The molecule has 19 heavy (non-hydrogen) atoms. The van der Waals surface area contributed by atoms with E-state index < -0.39 is 0 Å². The number of likely N-dealkylation sites (N-methyl/N-ethyl adjacent to an activating group) is 1. The van der Waals surface area contributed by atoms with Gasteiger partial charge < -0.3 is 15.3 Å². The molecule has 0 spiro atoms. The van der Waals surface area contributed by atoms with Crippen molar-refractivity contribution in [2.45, 2.75) is 52.8 Å². The summed E-state index contributed by atoms with van der Waals surface area (Å²) in [4.78, 5) is 2.11. The van der Waals surface area contributed by atoms with Crippen LogP contribution in [0.3, 0.4) is 0 Å². The van der Waals surface area contributed by atoms with Gasteiger partial charge in [-0.1, -0.05) is 17.7 Å². The molecule has 0 saturated heterocycles. The van der Waals surface area contributed by atoms with Gasteiger partial charge in [0.1, 0.15) is 0 Å². The SMILES string of the molecule is Cc1ccc(N(C)CC(C)O)c(CNC(C)(C)C)c1. The van der Waals surface area contributed by atoms with Gasteiger partial charge in [-0.25, -0.2) is 0 Å². The fourth-order valence-corrected chi connectivity index (χ4v) is 2.08. The van der Waals surface area contributed by atoms with E-state index in [-0.39, 0.29) is 11.6 Å². The van der Waals surface area contributed by atoms with E-state index in [1.165, 1.54) is 16.8 Å². The van der Waals surface area contributed by atoms with Gasteiger partial charge in [0.05, 0.1) is 6.10 Å². The summed E-state index contributed by atoms with van der Waals surface area (Å²) < 4.78 is 0. The molecule has 0 aliphatic rings. The van der Waals surface area contributed by atoms with Gasteiger partial charge in [-0.3, -0.25) is 0 Å². The Morgan fingerprint density at radius 3 is 2.47 bits per heavy atom. The summed E-state index contributed by atoms with van der Waals surface area (Å²) in [5.74, 6) is 0. The molecule has 0 saturated carbocycles. The van der Waals surface area contributed by atoms with Crippen LogP contribution in [-0.2, 0) is 6.54 Å². The molecule has 0 bridgehead atoms. The number of nitrogens with one attached hydrogen (secondary N) is 1. The molecule has 0 radical (unpaired) electrons. The second-order valence-corrected chi connectivity index (χ2v) is 6.47. The zero-order valence-electron chi connectivity index (χ0n) is 13.1. The summed E-state index contributed by atoms with van der Waals surface area (Å²) in [6.07, 6.45) is -0.324. The van der Waals surface area contributed by atoms with Gasteiger partial charge in [0, 0.05) is 31.4 Å². The zero-order chi connectivity index (χ0) is 14.6. The summed E-state index contributed by atoms with van der Waals surface area (Å²) in [5.41, 5.74) is 3.82. The molecule has 1 aromatic rings. The zero-order valence-corrected chi connectivity index (χ0v) is 13.1. The highest BCUT2D eigenvalue weighted by Crippen LogP contribution is 2.22. The summed E-state index contributed by atoms with van der Waals surface area (Å²) in [6.45, 7) is 11.9. The number of hydrogen-bond acceptors (Lipinski definition) is 3. The number of aliphatic hydroxyl groups excluding tert-OH is 1. The first-order valence-corrected chi connectivity index (χ1v) is 6.93. The Morgan fingerprint density at radius 2 is 1.95 bits per heavy atom. The third-order valence-electron chi connectivity index (χ3n) is 2.99. The van der Waals surface area contributed by atoms with E-state index in [1.807, 2.05) is 14.0 Å². The van der Waals surface area contributed by atoms with Crippen LogP contribution < -0.4 is 10.2 Å². The average Bonchev–Trinajstić information content (AvgIpc) is 2.24. The topological polar surface area (TPSA) is 35.5 Å². The standard InChI is InChI=1S/C16H28N2O/c1-12-7-8-15(18(6)11-13(2)19)14(9-12)10-17-16(3,4)5/h7-9,13,17,19H,10-11H2,1-6H3. The average molecular weight is 264 g/mol. The van der Waals surface area contributed by atoms with Crippen LogP contribution in [0.1, 0.15) is 38.8 Å². The Hall–Kier alpha value is -1.06. The Labute approximate surface area is 117 Å². The Bertz CT molecular complexity index is 408. The molecule has 0 aromatic heterocycles. The van der Waals surface area contributed by atoms with Crippen LogP contribution in [0.4, 0.5) is 5.69 Å². The van der Waals surface area contributed by atoms with Crippen molar-refractivity contribution in [3.05, 3.63) is 29.3 Å². The monoisotopic (exact) mass is 264 g/mol. The third-order valence-corrected chi connectivity index (χ3v) is 2.99. The van der Waals surface area contributed by atoms with Crippen LogP contribution in [0.15, 0.2) is 18.2 Å². The van der Waals surface area contributed by atoms with E-state index in [0.717, 1.165) is 6.54 Å². The fraction of sp³-hybridized carbons (Fsp3) is 0.625. The van der Waals surface area contributed by atoms with E-state index in [4.69, 9.17) is 0 Å². The minimum atomic E-state index is -0.324. The lowest BCUT2D eigenvalue weighted by molar-refractivity contribution is 0.201. The predicted octanol–water partition coefficient (Wildman–Crippen LogP) is 2.70. The van der Waals surface area contributed by atoms with Crippen LogP contribution in [0.5, 0.6) is 0 Å². The van der Waals surface area contributed by atoms with Crippen molar-refractivity contribution >= 4 is 5.69 Å². The lowest BCUT2D eigenvalue weighted by atomic mass is 10.1. The highest BCUT2D eigenvalue weighted by Gasteiger charge is 2.13. The van der Waals surface area contributed by atoms with Crippen LogP contribution in [-0.4, -0.2) is 30.3 Å². The first kappa shape index (κ1) is 16.0. The maximum absolute atomic E-state index is 9.53. The summed E-state index contributed by atoms with van der Waals surface area (Å²) >= 11 is 0. The smallest absolute Gasteiger partial charge is 0.0686 e. The summed E-state index contributed by atoms with van der Waals surface area (Å²) in [6, 6.07) is 6.47. The number of anilines is 1. The molecule has 1 rings (SSSR count). The van der Waals surface area contributed by atoms with Crippen LogP contribution in [0, 0.1) is 6.92 Å². The van der Waals surface area contributed by atoms with Gasteiger partial charge in [0.2, 0.25) is 0 Å². The Balaban J connectivity index is 2.91. The van der Waals surface area contributed by atoms with E-state index in [9.17, 15) is 5.11 Å². The largest absolute Gasteiger partial charge is 0.392 e. The number of aliphatic hydroxyl groups is 1. The van der Waals surface area contributed by atoms with E-state index in [0.29, 0.717) is 6.54 Å². The predicted molar refractivity (Wildman–Crippen MR) is 82.7 cm³/mol. The van der Waals surface area contributed by atoms with E-state index in [1.54, 1.807) is 0 Å². The maximum Gasteiger partial charge on any atom is 0.0686 e. The molecule has 0 aliphatic carbocycles. The van der Waals surface area contributed by atoms with Crippen molar-refractivity contribution in [1.82, 2.24) is 5.32 Å². The molecular weight excluding hydrogens is 236 g/mol. The molecule has 108 valence electrons. The van der Waals surface area contributed by atoms with Gasteiger partial charge in [-0.15, -0.1) is 0 Å².